The zero-order chi connectivity index (χ0) is 22.2. The minimum atomic E-state index is -0.986. The average molecular weight is 439 g/mol. The molecule has 2 aromatic carbocycles. The van der Waals surface area contributed by atoms with E-state index in [1.54, 1.807) is 42.5 Å². The van der Waals surface area contributed by atoms with Crippen molar-refractivity contribution in [3.8, 4) is 5.75 Å². The van der Waals surface area contributed by atoms with E-state index < -0.39 is 17.8 Å². The lowest BCUT2D eigenvalue weighted by molar-refractivity contribution is -0.135. The van der Waals surface area contributed by atoms with E-state index in [4.69, 9.17) is 9.84 Å². The zero-order valence-electron chi connectivity index (χ0n) is 16.3. The second kappa shape index (κ2) is 10.2. The molecule has 1 heterocycles. The predicted molar refractivity (Wildman–Crippen MR) is 115 cm³/mol. The Balaban J connectivity index is 1.55. The lowest BCUT2D eigenvalue weighted by Gasteiger charge is -2.07. The largest absolute Gasteiger partial charge is 0.489 e. The molecular weight excluding hydrogens is 422 g/mol. The van der Waals surface area contributed by atoms with Crippen molar-refractivity contribution in [3.05, 3.63) is 76.2 Å². The number of esters is 1. The van der Waals surface area contributed by atoms with Crippen molar-refractivity contribution < 1.29 is 29.0 Å². The van der Waals surface area contributed by atoms with Gasteiger partial charge >= 0.3 is 11.9 Å². The fourth-order valence-electron chi connectivity index (χ4n) is 2.40. The molecular formula is C21H17N3O6S. The van der Waals surface area contributed by atoms with Gasteiger partial charge in [-0.3, -0.25) is 10.1 Å². The van der Waals surface area contributed by atoms with Crippen molar-refractivity contribution in [2.24, 2.45) is 10.2 Å². The maximum absolute atomic E-state index is 11.7. The number of carboxylic acids is 1. The van der Waals surface area contributed by atoms with Gasteiger partial charge in [-0.2, -0.15) is 5.10 Å². The van der Waals surface area contributed by atoms with Gasteiger partial charge in [-0.1, -0.05) is 12.1 Å². The van der Waals surface area contributed by atoms with Crippen molar-refractivity contribution in [2.75, 3.05) is 7.11 Å². The van der Waals surface area contributed by atoms with E-state index >= 15 is 0 Å². The molecule has 1 aliphatic heterocycles. The number of benzene rings is 2. The number of aromatic carboxylic acids is 1. The number of carbonyl (C=O) groups excluding carboxylic acids is 2. The first kappa shape index (κ1) is 21.8. The van der Waals surface area contributed by atoms with E-state index in [-0.39, 0.29) is 22.2 Å². The zero-order valence-corrected chi connectivity index (χ0v) is 17.1. The second-order valence-corrected chi connectivity index (χ2v) is 7.13. The molecule has 0 saturated carbocycles. The van der Waals surface area contributed by atoms with E-state index in [2.05, 4.69) is 20.3 Å². The van der Waals surface area contributed by atoms with Crippen LogP contribution in [0.15, 0.2) is 69.7 Å². The third-order valence-electron chi connectivity index (χ3n) is 3.92. The van der Waals surface area contributed by atoms with Crippen LogP contribution in [0.3, 0.4) is 0 Å². The van der Waals surface area contributed by atoms with Crippen molar-refractivity contribution in [2.45, 2.75) is 6.61 Å². The van der Waals surface area contributed by atoms with E-state index in [1.165, 1.54) is 19.4 Å². The Bertz CT molecular complexity index is 1090. The van der Waals surface area contributed by atoms with Gasteiger partial charge in [0, 0.05) is 6.08 Å². The summed E-state index contributed by atoms with van der Waals surface area (Å²) < 4.78 is 10.2. The molecule has 0 radical (unpaired) electrons. The Morgan fingerprint density at radius 1 is 1.19 bits per heavy atom. The molecule has 9 nitrogen and oxygen atoms in total. The van der Waals surface area contributed by atoms with Crippen molar-refractivity contribution >= 4 is 41.0 Å². The molecule has 0 bridgehead atoms. The molecule has 0 aromatic heterocycles. The highest BCUT2D eigenvalue weighted by molar-refractivity contribution is 8.18. The summed E-state index contributed by atoms with van der Waals surface area (Å²) in [6.45, 7) is 0.237. The molecule has 0 aliphatic carbocycles. The molecule has 0 atom stereocenters. The van der Waals surface area contributed by atoms with Crippen molar-refractivity contribution in [3.63, 3.8) is 0 Å². The van der Waals surface area contributed by atoms with Crippen LogP contribution in [0.4, 0.5) is 0 Å². The van der Waals surface area contributed by atoms with Crippen LogP contribution in [-0.2, 0) is 20.9 Å². The summed E-state index contributed by atoms with van der Waals surface area (Å²) in [6, 6.07) is 13.6. The number of hydrogen-bond acceptors (Lipinski definition) is 8. The van der Waals surface area contributed by atoms with Gasteiger partial charge in [-0.25, -0.2) is 9.59 Å². The first-order chi connectivity index (χ1) is 14.9. The van der Waals surface area contributed by atoms with Gasteiger partial charge in [-0.05, 0) is 59.3 Å². The van der Waals surface area contributed by atoms with Gasteiger partial charge in [0.15, 0.2) is 5.17 Å². The minimum absolute atomic E-state index is 0.177. The number of thioether (sulfide) groups is 1. The van der Waals surface area contributed by atoms with Crippen LogP contribution in [-0.4, -0.2) is 41.4 Å². The Labute approximate surface area is 181 Å². The van der Waals surface area contributed by atoms with Crippen molar-refractivity contribution in [1.82, 2.24) is 5.32 Å². The van der Waals surface area contributed by atoms with Gasteiger partial charge in [0.2, 0.25) is 0 Å². The number of amidine groups is 1. The van der Waals surface area contributed by atoms with Gasteiger partial charge < -0.3 is 14.6 Å². The number of nitrogens with one attached hydrogen (secondary N) is 1. The topological polar surface area (TPSA) is 127 Å². The number of amides is 1. The maximum atomic E-state index is 11.7. The normalized spacial score (nSPS) is 16.0. The van der Waals surface area contributed by atoms with Gasteiger partial charge in [0.05, 0.1) is 23.8 Å². The number of rotatable bonds is 7. The summed E-state index contributed by atoms with van der Waals surface area (Å²) in [5, 5.41) is 19.6. The SMILES string of the molecule is COC(=O)/C=C1/S/C(=N\N=Cc2ccc(OCc3cccc(C(=O)O)c3)cc2)NC1=O. The second-order valence-electron chi connectivity index (χ2n) is 6.10. The first-order valence-corrected chi connectivity index (χ1v) is 9.71. The van der Waals surface area contributed by atoms with Crippen LogP contribution >= 0.6 is 11.8 Å². The fraction of sp³-hybridized carbons (Fsp3) is 0.0952. The van der Waals surface area contributed by atoms with Crippen LogP contribution in [0.1, 0.15) is 21.5 Å². The highest BCUT2D eigenvalue weighted by atomic mass is 32.2. The molecule has 31 heavy (non-hydrogen) atoms. The molecule has 1 fully saturated rings. The maximum Gasteiger partial charge on any atom is 0.335 e. The van der Waals surface area contributed by atoms with Crippen LogP contribution in [0.2, 0.25) is 0 Å². The lowest BCUT2D eigenvalue weighted by atomic mass is 10.1. The first-order valence-electron chi connectivity index (χ1n) is 8.89. The molecule has 2 N–H and O–H groups in total. The number of nitrogens with zero attached hydrogens (tertiary/aromatic N) is 2. The lowest BCUT2D eigenvalue weighted by Crippen LogP contribution is -2.19. The van der Waals surface area contributed by atoms with E-state index in [0.29, 0.717) is 5.75 Å². The highest BCUT2D eigenvalue weighted by Gasteiger charge is 2.24. The molecule has 0 unspecified atom stereocenters. The molecule has 1 amide bonds. The average Bonchev–Trinajstić information content (AvgIpc) is 3.12. The number of carbonyl (C=O) groups is 3. The summed E-state index contributed by atoms with van der Waals surface area (Å²) in [5.41, 5.74) is 1.71. The summed E-state index contributed by atoms with van der Waals surface area (Å²) in [7, 11) is 1.23. The van der Waals surface area contributed by atoms with Crippen LogP contribution in [0.5, 0.6) is 5.75 Å². The Morgan fingerprint density at radius 3 is 2.68 bits per heavy atom. The molecule has 1 aliphatic rings. The molecule has 3 rings (SSSR count). The predicted octanol–water partition coefficient (Wildman–Crippen LogP) is 2.57. The smallest absolute Gasteiger partial charge is 0.335 e. The van der Waals surface area contributed by atoms with Crippen LogP contribution < -0.4 is 10.1 Å². The summed E-state index contributed by atoms with van der Waals surface area (Å²) in [4.78, 5) is 34.2. The standard InChI is InChI=1S/C21H17N3O6S/c1-29-18(25)10-17-19(26)23-21(31-17)24-22-11-13-5-7-16(8-6-13)30-12-14-3-2-4-15(9-14)20(27)28/h2-11H,12H2,1H3,(H,27,28)(H,23,24,26)/b17-10+,22-11?. The Morgan fingerprint density at radius 2 is 1.97 bits per heavy atom. The summed E-state index contributed by atoms with van der Waals surface area (Å²) >= 11 is 0.986. The minimum Gasteiger partial charge on any atom is -0.489 e. The van der Waals surface area contributed by atoms with Crippen LogP contribution in [0.25, 0.3) is 0 Å². The van der Waals surface area contributed by atoms with Crippen molar-refractivity contribution in [1.29, 1.82) is 0 Å². The molecule has 10 heteroatoms. The molecule has 0 spiro atoms. The number of methoxy groups -OCH3 is 1. The fourth-order valence-corrected chi connectivity index (χ4v) is 3.14. The quantitative estimate of drug-likeness (QED) is 0.294. The molecule has 1 saturated heterocycles. The highest BCUT2D eigenvalue weighted by Crippen LogP contribution is 2.23. The summed E-state index contributed by atoms with van der Waals surface area (Å²) in [6.07, 6.45) is 2.59. The molecule has 158 valence electrons. The van der Waals surface area contributed by atoms with Gasteiger partial charge in [0.25, 0.3) is 5.91 Å². The molecule has 2 aromatic rings. The third-order valence-corrected chi connectivity index (χ3v) is 4.82. The Hall–Kier alpha value is -3.92. The number of ether oxygens (including phenoxy) is 2. The van der Waals surface area contributed by atoms with E-state index in [0.717, 1.165) is 29.0 Å². The van der Waals surface area contributed by atoms with E-state index in [9.17, 15) is 14.4 Å². The van der Waals surface area contributed by atoms with E-state index in [1.807, 2.05) is 0 Å². The Kier molecular flexibility index (Phi) is 7.17. The number of hydrogen-bond donors (Lipinski definition) is 2. The monoisotopic (exact) mass is 439 g/mol. The van der Waals surface area contributed by atoms with Crippen LogP contribution in [0, 0.1) is 0 Å². The summed E-state index contributed by atoms with van der Waals surface area (Å²) in [5.74, 6) is -1.44. The number of carboxylic acid groups (broad SMARTS) is 1. The van der Waals surface area contributed by atoms with Gasteiger partial charge in [-0.15, -0.1) is 5.10 Å². The van der Waals surface area contributed by atoms with Gasteiger partial charge in [0.1, 0.15) is 12.4 Å². The third kappa shape index (κ3) is 6.28.